The van der Waals surface area contributed by atoms with Gasteiger partial charge in [0.15, 0.2) is 0 Å². The minimum absolute atomic E-state index is 0.176. The van der Waals surface area contributed by atoms with E-state index in [0.29, 0.717) is 31.9 Å². The molecule has 0 radical (unpaired) electrons. The second-order valence-electron chi connectivity index (χ2n) is 7.40. The van der Waals surface area contributed by atoms with Crippen LogP contribution in [0.3, 0.4) is 0 Å². The minimum atomic E-state index is -0.892. The van der Waals surface area contributed by atoms with Crippen molar-refractivity contribution in [1.29, 1.82) is 0 Å². The first kappa shape index (κ1) is 20.1. The van der Waals surface area contributed by atoms with Crippen molar-refractivity contribution in [3.8, 4) is 0 Å². The molecular formula is C22H23FN4O3. The van der Waals surface area contributed by atoms with E-state index in [0.717, 1.165) is 16.5 Å². The van der Waals surface area contributed by atoms with Crippen molar-refractivity contribution in [2.24, 2.45) is 0 Å². The Morgan fingerprint density at radius 3 is 2.60 bits per heavy atom. The summed E-state index contributed by atoms with van der Waals surface area (Å²) >= 11 is 0. The SMILES string of the molecule is O=C(CN1CCN([C@H](C(=O)O)c2c[nH]c3ccccc23)CC1)Nc1cccc(F)c1. The maximum Gasteiger partial charge on any atom is 0.325 e. The zero-order chi connectivity index (χ0) is 21.1. The summed E-state index contributed by atoms with van der Waals surface area (Å²) in [5.74, 6) is -1.52. The second kappa shape index (κ2) is 8.64. The Bertz CT molecular complexity index is 1060. The van der Waals surface area contributed by atoms with Crippen LogP contribution in [0.5, 0.6) is 0 Å². The monoisotopic (exact) mass is 410 g/mol. The van der Waals surface area contributed by atoms with Crippen LogP contribution in [0.25, 0.3) is 10.9 Å². The molecule has 2 aromatic carbocycles. The number of hydrogen-bond acceptors (Lipinski definition) is 4. The molecule has 0 bridgehead atoms. The van der Waals surface area contributed by atoms with Crippen LogP contribution in [0.15, 0.2) is 54.7 Å². The van der Waals surface area contributed by atoms with Gasteiger partial charge in [0.05, 0.1) is 6.54 Å². The van der Waals surface area contributed by atoms with Crippen LogP contribution in [-0.2, 0) is 9.59 Å². The number of H-pyrrole nitrogens is 1. The van der Waals surface area contributed by atoms with Crippen LogP contribution in [0.1, 0.15) is 11.6 Å². The lowest BCUT2D eigenvalue weighted by Crippen LogP contribution is -2.50. The van der Waals surface area contributed by atoms with E-state index in [1.54, 1.807) is 18.3 Å². The van der Waals surface area contributed by atoms with Gasteiger partial charge in [0.1, 0.15) is 11.9 Å². The first-order valence-corrected chi connectivity index (χ1v) is 9.82. The van der Waals surface area contributed by atoms with Crippen LogP contribution in [0.2, 0.25) is 0 Å². The molecule has 1 amide bonds. The molecule has 1 atom stereocenters. The summed E-state index contributed by atoms with van der Waals surface area (Å²) in [6.07, 6.45) is 1.77. The van der Waals surface area contributed by atoms with Gasteiger partial charge in [0, 0.05) is 54.5 Å². The Morgan fingerprint density at radius 2 is 1.87 bits per heavy atom. The number of carbonyl (C=O) groups excluding carboxylic acids is 1. The van der Waals surface area contributed by atoms with E-state index in [1.165, 1.54) is 12.1 Å². The number of hydrogen-bond donors (Lipinski definition) is 3. The van der Waals surface area contributed by atoms with E-state index in [1.807, 2.05) is 34.1 Å². The average molecular weight is 410 g/mol. The maximum atomic E-state index is 13.3. The molecule has 0 spiro atoms. The number of amides is 1. The molecule has 3 aromatic rings. The van der Waals surface area contributed by atoms with Crippen LogP contribution in [-0.4, -0.2) is 64.5 Å². The average Bonchev–Trinajstić information content (AvgIpc) is 3.13. The number of aromatic amines is 1. The Balaban J connectivity index is 1.38. The van der Waals surface area contributed by atoms with Gasteiger partial charge in [-0.05, 0) is 24.3 Å². The Kier molecular flexibility index (Phi) is 5.78. The third-order valence-electron chi connectivity index (χ3n) is 5.40. The number of para-hydroxylation sites is 1. The van der Waals surface area contributed by atoms with Crippen LogP contribution < -0.4 is 5.32 Å². The molecule has 1 aliphatic rings. The normalized spacial score (nSPS) is 16.4. The third-order valence-corrected chi connectivity index (χ3v) is 5.40. The number of carbonyl (C=O) groups is 2. The van der Waals surface area contributed by atoms with Gasteiger partial charge in [0.25, 0.3) is 0 Å². The van der Waals surface area contributed by atoms with Crippen molar-refractivity contribution in [3.63, 3.8) is 0 Å². The summed E-state index contributed by atoms with van der Waals surface area (Å²) in [5, 5.41) is 13.5. The smallest absolute Gasteiger partial charge is 0.325 e. The number of carboxylic acid groups (broad SMARTS) is 1. The molecule has 4 rings (SSSR count). The number of carboxylic acids is 1. The van der Waals surface area contributed by atoms with Crippen molar-refractivity contribution >= 4 is 28.5 Å². The van der Waals surface area contributed by atoms with Crippen molar-refractivity contribution in [2.45, 2.75) is 6.04 Å². The lowest BCUT2D eigenvalue weighted by Gasteiger charge is -2.37. The lowest BCUT2D eigenvalue weighted by molar-refractivity contribution is -0.144. The standard InChI is InChI=1S/C22H23FN4O3/c23-15-4-3-5-16(12-15)25-20(28)14-26-8-10-27(11-9-26)21(22(29)30)18-13-24-19-7-2-1-6-17(18)19/h1-7,12-13,21,24H,8-11,14H2,(H,25,28)(H,29,30)/t21-/m0/s1. The van der Waals surface area contributed by atoms with Crippen LogP contribution in [0, 0.1) is 5.82 Å². The molecule has 156 valence electrons. The minimum Gasteiger partial charge on any atom is -0.480 e. The highest BCUT2D eigenvalue weighted by molar-refractivity contribution is 5.92. The van der Waals surface area contributed by atoms with Gasteiger partial charge in [-0.25, -0.2) is 4.39 Å². The second-order valence-corrected chi connectivity index (χ2v) is 7.40. The Labute approximate surface area is 173 Å². The summed E-state index contributed by atoms with van der Waals surface area (Å²) in [6, 6.07) is 12.7. The first-order valence-electron chi connectivity index (χ1n) is 9.82. The zero-order valence-electron chi connectivity index (χ0n) is 16.3. The highest BCUT2D eigenvalue weighted by Crippen LogP contribution is 2.29. The topological polar surface area (TPSA) is 88.7 Å². The molecule has 0 unspecified atom stereocenters. The number of nitrogens with one attached hydrogen (secondary N) is 2. The quantitative estimate of drug-likeness (QED) is 0.582. The number of aliphatic carboxylic acids is 1. The number of aromatic nitrogens is 1. The van der Waals surface area contributed by atoms with E-state index < -0.39 is 17.8 Å². The number of benzene rings is 2. The lowest BCUT2D eigenvalue weighted by atomic mass is 10.0. The van der Waals surface area contributed by atoms with Gasteiger partial charge in [0.2, 0.25) is 5.91 Å². The van der Waals surface area contributed by atoms with Crippen molar-refractivity contribution in [1.82, 2.24) is 14.8 Å². The fraction of sp³-hybridized carbons (Fsp3) is 0.273. The largest absolute Gasteiger partial charge is 0.480 e. The van der Waals surface area contributed by atoms with E-state index in [-0.39, 0.29) is 12.5 Å². The summed E-state index contributed by atoms with van der Waals surface area (Å²) < 4.78 is 13.3. The molecule has 7 nitrogen and oxygen atoms in total. The first-order chi connectivity index (χ1) is 14.5. The fourth-order valence-corrected chi connectivity index (χ4v) is 3.96. The number of nitrogens with zero attached hydrogens (tertiary/aromatic N) is 2. The van der Waals surface area contributed by atoms with E-state index in [4.69, 9.17) is 0 Å². The van der Waals surface area contributed by atoms with E-state index >= 15 is 0 Å². The Morgan fingerprint density at radius 1 is 1.10 bits per heavy atom. The molecule has 3 N–H and O–H groups in total. The van der Waals surface area contributed by atoms with Gasteiger partial charge < -0.3 is 15.4 Å². The predicted molar refractivity (Wildman–Crippen MR) is 112 cm³/mol. The molecule has 0 aliphatic carbocycles. The van der Waals surface area contributed by atoms with Crippen molar-refractivity contribution in [3.05, 3.63) is 66.1 Å². The Hall–Kier alpha value is -3.23. The van der Waals surface area contributed by atoms with E-state index in [9.17, 15) is 19.1 Å². The highest BCUT2D eigenvalue weighted by atomic mass is 19.1. The third kappa shape index (κ3) is 4.34. The zero-order valence-corrected chi connectivity index (χ0v) is 16.3. The summed E-state index contributed by atoms with van der Waals surface area (Å²) in [6.45, 7) is 2.38. The number of rotatable bonds is 6. The molecular weight excluding hydrogens is 387 g/mol. The number of halogens is 1. The molecule has 1 aromatic heterocycles. The van der Waals surface area contributed by atoms with Gasteiger partial charge in [-0.2, -0.15) is 0 Å². The number of anilines is 1. The summed E-state index contributed by atoms with van der Waals surface area (Å²) in [5.41, 5.74) is 2.07. The maximum absolute atomic E-state index is 13.3. The molecule has 1 saturated heterocycles. The molecule has 0 saturated carbocycles. The predicted octanol–water partition coefficient (Wildman–Crippen LogP) is 2.69. The van der Waals surface area contributed by atoms with Gasteiger partial charge >= 0.3 is 5.97 Å². The van der Waals surface area contributed by atoms with Gasteiger partial charge in [-0.15, -0.1) is 0 Å². The van der Waals surface area contributed by atoms with Gasteiger partial charge in [-0.1, -0.05) is 24.3 Å². The molecule has 1 aliphatic heterocycles. The number of piperazine rings is 1. The molecule has 30 heavy (non-hydrogen) atoms. The van der Waals surface area contributed by atoms with Crippen molar-refractivity contribution < 1.29 is 19.1 Å². The van der Waals surface area contributed by atoms with Crippen LogP contribution >= 0.6 is 0 Å². The van der Waals surface area contributed by atoms with Gasteiger partial charge in [-0.3, -0.25) is 19.4 Å². The van der Waals surface area contributed by atoms with Crippen molar-refractivity contribution in [2.75, 3.05) is 38.0 Å². The fourth-order valence-electron chi connectivity index (χ4n) is 3.96. The van der Waals surface area contributed by atoms with Crippen LogP contribution in [0.4, 0.5) is 10.1 Å². The molecule has 1 fully saturated rings. The molecule has 2 heterocycles. The summed E-state index contributed by atoms with van der Waals surface area (Å²) in [7, 11) is 0. The molecule has 8 heteroatoms. The number of fused-ring (bicyclic) bond motifs is 1. The highest BCUT2D eigenvalue weighted by Gasteiger charge is 2.32. The summed E-state index contributed by atoms with van der Waals surface area (Å²) in [4.78, 5) is 31.4. The van der Waals surface area contributed by atoms with E-state index in [2.05, 4.69) is 10.3 Å².